The van der Waals surface area contributed by atoms with E-state index >= 15 is 0 Å². The molecule has 1 fully saturated rings. The van der Waals surface area contributed by atoms with Crippen molar-refractivity contribution in [3.05, 3.63) is 28.7 Å². The molecule has 0 saturated carbocycles. The maximum Gasteiger partial charge on any atom is 0.133 e. The molecule has 0 spiro atoms. The average Bonchev–Trinajstić information content (AvgIpc) is 2.38. The minimum absolute atomic E-state index is 0.129. The Hall–Kier alpha value is -0.580. The van der Waals surface area contributed by atoms with E-state index in [1.54, 1.807) is 0 Å². The standard InChI is InChI=1S/C13H19BrN2O/c14-11-3-1-2-4-13(11)17-9-12(15)10-5-7-16-8-6-10/h1-4,10,12,16H,5-9,15H2. The van der Waals surface area contributed by atoms with Gasteiger partial charge in [0, 0.05) is 6.04 Å². The lowest BCUT2D eigenvalue weighted by Crippen LogP contribution is -2.41. The topological polar surface area (TPSA) is 47.3 Å². The minimum atomic E-state index is 0.129. The van der Waals surface area contributed by atoms with Crippen LogP contribution in [0.2, 0.25) is 0 Å². The van der Waals surface area contributed by atoms with E-state index < -0.39 is 0 Å². The van der Waals surface area contributed by atoms with Gasteiger partial charge in [0.1, 0.15) is 12.4 Å². The van der Waals surface area contributed by atoms with Crippen molar-refractivity contribution < 1.29 is 4.74 Å². The molecule has 1 aliphatic heterocycles. The molecule has 1 saturated heterocycles. The van der Waals surface area contributed by atoms with Crippen molar-refractivity contribution in [2.45, 2.75) is 18.9 Å². The number of nitrogens with one attached hydrogen (secondary N) is 1. The summed E-state index contributed by atoms with van der Waals surface area (Å²) in [5.41, 5.74) is 6.18. The van der Waals surface area contributed by atoms with Gasteiger partial charge in [-0.15, -0.1) is 0 Å². The molecule has 0 radical (unpaired) electrons. The van der Waals surface area contributed by atoms with Crippen LogP contribution in [0.1, 0.15) is 12.8 Å². The molecule has 1 aromatic rings. The number of ether oxygens (including phenoxy) is 1. The zero-order valence-electron chi connectivity index (χ0n) is 9.86. The van der Waals surface area contributed by atoms with E-state index in [1.807, 2.05) is 24.3 Å². The normalized spacial score (nSPS) is 18.9. The first-order chi connectivity index (χ1) is 8.27. The van der Waals surface area contributed by atoms with Crippen LogP contribution in [0, 0.1) is 5.92 Å². The van der Waals surface area contributed by atoms with E-state index in [0.717, 1.165) is 36.2 Å². The maximum absolute atomic E-state index is 6.18. The SMILES string of the molecule is NC(COc1ccccc1Br)C1CCNCC1. The highest BCUT2D eigenvalue weighted by Crippen LogP contribution is 2.24. The van der Waals surface area contributed by atoms with Gasteiger partial charge in [0.15, 0.2) is 0 Å². The number of piperidine rings is 1. The molecule has 0 aliphatic carbocycles. The van der Waals surface area contributed by atoms with Crippen LogP contribution in [-0.2, 0) is 0 Å². The summed E-state index contributed by atoms with van der Waals surface area (Å²) in [6, 6.07) is 8.01. The summed E-state index contributed by atoms with van der Waals surface area (Å²) in [5, 5.41) is 3.35. The predicted molar refractivity (Wildman–Crippen MR) is 73.2 cm³/mol. The lowest BCUT2D eigenvalue weighted by molar-refractivity contribution is 0.218. The Balaban J connectivity index is 1.83. The second kappa shape index (κ2) is 6.38. The van der Waals surface area contributed by atoms with Crippen molar-refractivity contribution in [3.63, 3.8) is 0 Å². The van der Waals surface area contributed by atoms with Gasteiger partial charge >= 0.3 is 0 Å². The van der Waals surface area contributed by atoms with Gasteiger partial charge < -0.3 is 15.8 Å². The van der Waals surface area contributed by atoms with Crippen molar-refractivity contribution in [1.29, 1.82) is 0 Å². The Labute approximate surface area is 111 Å². The van der Waals surface area contributed by atoms with Crippen molar-refractivity contribution in [1.82, 2.24) is 5.32 Å². The summed E-state index contributed by atoms with van der Waals surface area (Å²) in [6.07, 6.45) is 2.31. The molecule has 1 heterocycles. The van der Waals surface area contributed by atoms with Crippen molar-refractivity contribution >= 4 is 15.9 Å². The monoisotopic (exact) mass is 298 g/mol. The Morgan fingerprint density at radius 1 is 1.35 bits per heavy atom. The smallest absolute Gasteiger partial charge is 0.133 e. The maximum atomic E-state index is 6.18. The molecule has 0 amide bonds. The Bertz CT molecular complexity index is 353. The van der Waals surface area contributed by atoms with Crippen LogP contribution in [0.3, 0.4) is 0 Å². The van der Waals surface area contributed by atoms with Gasteiger partial charge in [-0.1, -0.05) is 12.1 Å². The molecule has 1 unspecified atom stereocenters. The highest BCUT2D eigenvalue weighted by atomic mass is 79.9. The van der Waals surface area contributed by atoms with Crippen LogP contribution in [0.5, 0.6) is 5.75 Å². The first-order valence-corrected chi connectivity index (χ1v) is 6.90. The molecule has 94 valence electrons. The van der Waals surface area contributed by atoms with Gasteiger partial charge in [-0.25, -0.2) is 0 Å². The lowest BCUT2D eigenvalue weighted by atomic mass is 9.91. The van der Waals surface area contributed by atoms with Crippen LogP contribution in [0.15, 0.2) is 28.7 Å². The number of nitrogens with two attached hydrogens (primary N) is 1. The van der Waals surface area contributed by atoms with Crippen LogP contribution < -0.4 is 15.8 Å². The van der Waals surface area contributed by atoms with Gasteiger partial charge in [0.25, 0.3) is 0 Å². The number of hydrogen-bond acceptors (Lipinski definition) is 3. The Morgan fingerprint density at radius 2 is 2.06 bits per heavy atom. The quantitative estimate of drug-likeness (QED) is 0.895. The number of halogens is 1. The molecule has 2 rings (SSSR count). The molecule has 17 heavy (non-hydrogen) atoms. The fourth-order valence-electron chi connectivity index (χ4n) is 2.16. The third-order valence-electron chi connectivity index (χ3n) is 3.26. The van der Waals surface area contributed by atoms with Gasteiger partial charge in [0.05, 0.1) is 4.47 Å². The predicted octanol–water partition coefficient (Wildman–Crippen LogP) is 2.15. The zero-order chi connectivity index (χ0) is 12.1. The van der Waals surface area contributed by atoms with Crippen LogP contribution in [0.4, 0.5) is 0 Å². The minimum Gasteiger partial charge on any atom is -0.491 e. The zero-order valence-corrected chi connectivity index (χ0v) is 11.4. The molecule has 1 aliphatic rings. The number of para-hydroxylation sites is 1. The molecule has 0 bridgehead atoms. The summed E-state index contributed by atoms with van der Waals surface area (Å²) in [6.45, 7) is 2.74. The third-order valence-corrected chi connectivity index (χ3v) is 3.91. The van der Waals surface area contributed by atoms with Crippen LogP contribution >= 0.6 is 15.9 Å². The van der Waals surface area contributed by atoms with Crippen LogP contribution in [-0.4, -0.2) is 25.7 Å². The van der Waals surface area contributed by atoms with E-state index in [-0.39, 0.29) is 6.04 Å². The fraction of sp³-hybridized carbons (Fsp3) is 0.538. The highest BCUT2D eigenvalue weighted by molar-refractivity contribution is 9.10. The van der Waals surface area contributed by atoms with Crippen molar-refractivity contribution in [2.75, 3.05) is 19.7 Å². The van der Waals surface area contributed by atoms with Gasteiger partial charge in [0.2, 0.25) is 0 Å². The van der Waals surface area contributed by atoms with Gasteiger partial charge in [-0.05, 0) is 59.9 Å². The number of benzene rings is 1. The molecule has 1 atom stereocenters. The molecular formula is C13H19BrN2O. The lowest BCUT2D eigenvalue weighted by Gasteiger charge is -2.28. The summed E-state index contributed by atoms with van der Waals surface area (Å²) >= 11 is 3.47. The molecule has 3 nitrogen and oxygen atoms in total. The van der Waals surface area contributed by atoms with E-state index in [0.29, 0.717) is 12.5 Å². The van der Waals surface area contributed by atoms with E-state index in [4.69, 9.17) is 10.5 Å². The van der Waals surface area contributed by atoms with Crippen molar-refractivity contribution in [2.24, 2.45) is 11.7 Å². The van der Waals surface area contributed by atoms with Crippen molar-refractivity contribution in [3.8, 4) is 5.75 Å². The summed E-state index contributed by atoms with van der Waals surface area (Å²) in [5.74, 6) is 1.45. The molecule has 0 aromatic heterocycles. The summed E-state index contributed by atoms with van der Waals surface area (Å²) in [7, 11) is 0. The Kier molecular flexibility index (Phi) is 4.83. The fourth-order valence-corrected chi connectivity index (χ4v) is 2.56. The van der Waals surface area contributed by atoms with Gasteiger partial charge in [-0.2, -0.15) is 0 Å². The average molecular weight is 299 g/mol. The van der Waals surface area contributed by atoms with E-state index in [9.17, 15) is 0 Å². The number of rotatable bonds is 4. The highest BCUT2D eigenvalue weighted by Gasteiger charge is 2.20. The van der Waals surface area contributed by atoms with Crippen LogP contribution in [0.25, 0.3) is 0 Å². The molecule has 4 heteroatoms. The molecular weight excluding hydrogens is 280 g/mol. The first kappa shape index (κ1) is 12.9. The molecule has 1 aromatic carbocycles. The largest absolute Gasteiger partial charge is 0.491 e. The summed E-state index contributed by atoms with van der Waals surface area (Å²) in [4.78, 5) is 0. The van der Waals surface area contributed by atoms with Gasteiger partial charge in [-0.3, -0.25) is 0 Å². The van der Waals surface area contributed by atoms with E-state index in [2.05, 4.69) is 21.2 Å². The first-order valence-electron chi connectivity index (χ1n) is 6.11. The second-order valence-electron chi connectivity index (χ2n) is 4.49. The second-order valence-corrected chi connectivity index (χ2v) is 5.35. The third kappa shape index (κ3) is 3.69. The number of hydrogen-bond donors (Lipinski definition) is 2. The van der Waals surface area contributed by atoms with E-state index in [1.165, 1.54) is 0 Å². The summed E-state index contributed by atoms with van der Waals surface area (Å²) < 4.78 is 6.74. The Morgan fingerprint density at radius 3 is 2.76 bits per heavy atom. The molecule has 3 N–H and O–H groups in total.